The molecule has 23 heavy (non-hydrogen) atoms. The molecule has 0 unspecified atom stereocenters. The molecule has 1 saturated heterocycles. The number of nitrogens with one attached hydrogen (secondary N) is 1. The standard InChI is InChI=1S/C14H20N2O.C2H2O4/c1-15-13-5-3-4-12(10-13)14(17)11-6-8-16(2)9-7-11;3-1(4)2(5)6/h3-5,10-11,15H,6-9H2,1-2H3;(H,3,4)(H,5,6). The fraction of sp³-hybridized carbons (Fsp3) is 0.438. The number of ketones is 1. The summed E-state index contributed by atoms with van der Waals surface area (Å²) in [6, 6.07) is 7.78. The lowest BCUT2D eigenvalue weighted by Crippen LogP contribution is -2.33. The molecular weight excluding hydrogens is 300 g/mol. The zero-order valence-corrected chi connectivity index (χ0v) is 13.3. The van der Waals surface area contributed by atoms with E-state index in [9.17, 15) is 4.79 Å². The molecule has 7 nitrogen and oxygen atoms in total. The third-order valence-corrected chi connectivity index (χ3v) is 3.71. The predicted molar refractivity (Wildman–Crippen MR) is 85.8 cm³/mol. The van der Waals surface area contributed by atoms with Crippen molar-refractivity contribution >= 4 is 23.4 Å². The summed E-state index contributed by atoms with van der Waals surface area (Å²) in [6.45, 7) is 2.06. The number of carboxylic acids is 2. The van der Waals surface area contributed by atoms with Crippen molar-refractivity contribution in [2.75, 3.05) is 32.5 Å². The highest BCUT2D eigenvalue weighted by Crippen LogP contribution is 2.22. The molecule has 0 amide bonds. The van der Waals surface area contributed by atoms with Crippen LogP contribution in [0.4, 0.5) is 5.69 Å². The Kier molecular flexibility index (Phi) is 7.21. The Labute approximate surface area is 134 Å². The van der Waals surface area contributed by atoms with Crippen LogP contribution in [0.1, 0.15) is 23.2 Å². The lowest BCUT2D eigenvalue weighted by Gasteiger charge is -2.28. The van der Waals surface area contributed by atoms with Crippen LogP contribution >= 0.6 is 0 Å². The minimum atomic E-state index is -1.82. The van der Waals surface area contributed by atoms with E-state index in [2.05, 4.69) is 17.3 Å². The monoisotopic (exact) mass is 322 g/mol. The molecule has 126 valence electrons. The van der Waals surface area contributed by atoms with Gasteiger partial charge in [-0.25, -0.2) is 9.59 Å². The van der Waals surface area contributed by atoms with Crippen LogP contribution in [0, 0.1) is 5.92 Å². The molecule has 1 aliphatic heterocycles. The fourth-order valence-electron chi connectivity index (χ4n) is 2.33. The summed E-state index contributed by atoms with van der Waals surface area (Å²) < 4.78 is 0. The Morgan fingerprint density at radius 1 is 1.13 bits per heavy atom. The van der Waals surface area contributed by atoms with E-state index in [1.165, 1.54) is 0 Å². The quantitative estimate of drug-likeness (QED) is 0.570. The van der Waals surface area contributed by atoms with Crippen molar-refractivity contribution in [3.63, 3.8) is 0 Å². The van der Waals surface area contributed by atoms with Crippen molar-refractivity contribution in [3.05, 3.63) is 29.8 Å². The summed E-state index contributed by atoms with van der Waals surface area (Å²) >= 11 is 0. The smallest absolute Gasteiger partial charge is 0.414 e. The Balaban J connectivity index is 0.000000379. The van der Waals surface area contributed by atoms with E-state index < -0.39 is 11.9 Å². The Morgan fingerprint density at radius 3 is 2.17 bits per heavy atom. The van der Waals surface area contributed by atoms with E-state index in [1.54, 1.807) is 0 Å². The number of rotatable bonds is 3. The van der Waals surface area contributed by atoms with Crippen molar-refractivity contribution in [1.29, 1.82) is 0 Å². The number of carboxylic acid groups (broad SMARTS) is 2. The van der Waals surface area contributed by atoms with Gasteiger partial charge in [0.1, 0.15) is 0 Å². The molecule has 1 aromatic carbocycles. The summed E-state index contributed by atoms with van der Waals surface area (Å²) in [4.78, 5) is 32.8. The minimum absolute atomic E-state index is 0.207. The first-order valence-electron chi connectivity index (χ1n) is 7.32. The number of carbonyl (C=O) groups is 3. The van der Waals surface area contributed by atoms with Crippen LogP contribution < -0.4 is 5.32 Å². The first kappa shape index (κ1) is 18.6. The SMILES string of the molecule is CNc1cccc(C(=O)C2CCN(C)CC2)c1.O=C(O)C(=O)O. The lowest BCUT2D eigenvalue weighted by molar-refractivity contribution is -0.159. The molecule has 1 heterocycles. The van der Waals surface area contributed by atoms with Gasteiger partial charge < -0.3 is 20.4 Å². The normalized spacial score (nSPS) is 15.2. The van der Waals surface area contributed by atoms with Crippen LogP contribution in [-0.2, 0) is 9.59 Å². The number of hydrogen-bond donors (Lipinski definition) is 3. The summed E-state index contributed by atoms with van der Waals surface area (Å²) in [6.07, 6.45) is 1.97. The summed E-state index contributed by atoms with van der Waals surface area (Å²) in [7, 11) is 3.99. The molecule has 1 fully saturated rings. The highest BCUT2D eigenvalue weighted by molar-refractivity contribution is 6.27. The molecule has 7 heteroatoms. The van der Waals surface area contributed by atoms with E-state index in [0.29, 0.717) is 5.78 Å². The van der Waals surface area contributed by atoms with Gasteiger partial charge in [-0.1, -0.05) is 12.1 Å². The molecule has 0 radical (unpaired) electrons. The molecule has 0 atom stereocenters. The van der Waals surface area contributed by atoms with E-state index in [4.69, 9.17) is 19.8 Å². The third kappa shape index (κ3) is 6.07. The zero-order chi connectivity index (χ0) is 17.4. The van der Waals surface area contributed by atoms with Gasteiger partial charge in [0.25, 0.3) is 0 Å². The Hall–Kier alpha value is -2.41. The number of aliphatic carboxylic acids is 2. The van der Waals surface area contributed by atoms with Gasteiger partial charge in [-0.3, -0.25) is 4.79 Å². The van der Waals surface area contributed by atoms with Gasteiger partial charge in [-0.05, 0) is 45.1 Å². The third-order valence-electron chi connectivity index (χ3n) is 3.71. The number of anilines is 1. The lowest BCUT2D eigenvalue weighted by atomic mass is 9.89. The topological polar surface area (TPSA) is 107 Å². The van der Waals surface area contributed by atoms with Crippen LogP contribution in [0.2, 0.25) is 0 Å². The average Bonchev–Trinajstić information content (AvgIpc) is 2.55. The molecule has 0 spiro atoms. The van der Waals surface area contributed by atoms with Gasteiger partial charge in [0.05, 0.1) is 0 Å². The average molecular weight is 322 g/mol. The molecule has 3 N–H and O–H groups in total. The number of hydrogen-bond acceptors (Lipinski definition) is 5. The van der Waals surface area contributed by atoms with Crippen molar-refractivity contribution in [3.8, 4) is 0 Å². The van der Waals surface area contributed by atoms with Crippen molar-refractivity contribution in [2.24, 2.45) is 5.92 Å². The maximum Gasteiger partial charge on any atom is 0.414 e. The van der Waals surface area contributed by atoms with Gasteiger partial charge in [0.15, 0.2) is 5.78 Å². The predicted octanol–water partition coefficient (Wildman–Crippen LogP) is 1.41. The van der Waals surface area contributed by atoms with E-state index in [-0.39, 0.29) is 5.92 Å². The molecule has 0 aliphatic carbocycles. The second kappa shape index (κ2) is 8.89. The van der Waals surface area contributed by atoms with Crippen LogP contribution in [0.25, 0.3) is 0 Å². The maximum absolute atomic E-state index is 12.3. The van der Waals surface area contributed by atoms with E-state index in [1.807, 2.05) is 31.3 Å². The van der Waals surface area contributed by atoms with E-state index in [0.717, 1.165) is 37.2 Å². The Bertz CT molecular complexity index is 553. The van der Waals surface area contributed by atoms with Gasteiger partial charge in [0, 0.05) is 24.2 Å². The van der Waals surface area contributed by atoms with Crippen molar-refractivity contribution in [1.82, 2.24) is 4.90 Å². The highest BCUT2D eigenvalue weighted by Gasteiger charge is 2.24. The second-order valence-corrected chi connectivity index (χ2v) is 5.38. The number of Topliss-reactive ketones (excluding diaryl/α,β-unsaturated/α-hetero) is 1. The second-order valence-electron chi connectivity index (χ2n) is 5.38. The first-order valence-corrected chi connectivity index (χ1v) is 7.32. The van der Waals surface area contributed by atoms with Crippen LogP contribution in [0.15, 0.2) is 24.3 Å². The van der Waals surface area contributed by atoms with Gasteiger partial charge in [-0.15, -0.1) is 0 Å². The van der Waals surface area contributed by atoms with Crippen LogP contribution in [0.5, 0.6) is 0 Å². The summed E-state index contributed by atoms with van der Waals surface area (Å²) in [5.41, 5.74) is 1.84. The van der Waals surface area contributed by atoms with Gasteiger partial charge >= 0.3 is 11.9 Å². The molecule has 0 bridgehead atoms. The summed E-state index contributed by atoms with van der Waals surface area (Å²) in [5, 5.41) is 17.9. The van der Waals surface area contributed by atoms with Crippen molar-refractivity contribution in [2.45, 2.75) is 12.8 Å². The number of piperidine rings is 1. The zero-order valence-electron chi connectivity index (χ0n) is 13.3. The molecular formula is C16H22N2O5. The molecule has 0 saturated carbocycles. The number of carbonyl (C=O) groups excluding carboxylic acids is 1. The minimum Gasteiger partial charge on any atom is -0.473 e. The Morgan fingerprint density at radius 2 is 1.70 bits per heavy atom. The van der Waals surface area contributed by atoms with Gasteiger partial charge in [-0.2, -0.15) is 0 Å². The largest absolute Gasteiger partial charge is 0.473 e. The highest BCUT2D eigenvalue weighted by atomic mass is 16.4. The fourth-order valence-corrected chi connectivity index (χ4v) is 2.33. The molecule has 2 rings (SSSR count). The molecule has 1 aliphatic rings. The number of nitrogens with zero attached hydrogens (tertiary/aromatic N) is 1. The number of likely N-dealkylation sites (tertiary alicyclic amines) is 1. The number of benzene rings is 1. The van der Waals surface area contributed by atoms with Crippen molar-refractivity contribution < 1.29 is 24.6 Å². The molecule has 1 aromatic rings. The van der Waals surface area contributed by atoms with Crippen LogP contribution in [-0.4, -0.2) is 60.0 Å². The first-order chi connectivity index (χ1) is 10.8. The molecule has 0 aromatic heterocycles. The van der Waals surface area contributed by atoms with E-state index >= 15 is 0 Å². The summed E-state index contributed by atoms with van der Waals surface area (Å²) in [5.74, 6) is -3.14. The van der Waals surface area contributed by atoms with Crippen LogP contribution in [0.3, 0.4) is 0 Å². The van der Waals surface area contributed by atoms with Gasteiger partial charge in [0.2, 0.25) is 0 Å². The maximum atomic E-state index is 12.3.